The van der Waals surface area contributed by atoms with Crippen molar-refractivity contribution in [2.75, 3.05) is 13.6 Å². The average Bonchev–Trinajstić information content (AvgIpc) is 2.78. The third kappa shape index (κ3) is 8.49. The topological polar surface area (TPSA) is 107 Å². The molecular weight excluding hydrogens is 444 g/mol. The number of benzene rings is 2. The van der Waals surface area contributed by atoms with Crippen LogP contribution in [-0.2, 0) is 39.9 Å². The number of ether oxygens (including phenoxy) is 2. The van der Waals surface area contributed by atoms with Gasteiger partial charge in [0.05, 0.1) is 11.1 Å². The molecule has 34 heavy (non-hydrogen) atoms. The van der Waals surface area contributed by atoms with Gasteiger partial charge in [0.15, 0.2) is 0 Å². The van der Waals surface area contributed by atoms with Crippen LogP contribution in [0.5, 0.6) is 0 Å². The fourth-order valence-corrected chi connectivity index (χ4v) is 2.65. The Morgan fingerprint density at radius 2 is 0.912 bits per heavy atom. The largest absolute Gasteiger partial charge is 0.512 e. The van der Waals surface area contributed by atoms with Crippen LogP contribution in [0.2, 0.25) is 0 Å². The second-order valence-corrected chi connectivity index (χ2v) is 9.41. The predicted octanol–water partition coefficient (Wildman–Crippen LogP) is 5.23. The van der Waals surface area contributed by atoms with Gasteiger partial charge in [0.25, 0.3) is 0 Å². The lowest BCUT2D eigenvalue weighted by Crippen LogP contribution is -2.16. The van der Waals surface area contributed by atoms with E-state index in [0.717, 1.165) is 11.1 Å². The molecule has 2 aromatic carbocycles. The summed E-state index contributed by atoms with van der Waals surface area (Å²) in [6.45, 7) is 10.9. The van der Waals surface area contributed by atoms with E-state index in [-0.39, 0.29) is 22.0 Å². The van der Waals surface area contributed by atoms with Gasteiger partial charge in [-0.3, -0.25) is 9.78 Å². The molecule has 0 aliphatic rings. The molecular formula is C25H30O9. The molecule has 2 aromatic rings. The first-order valence-corrected chi connectivity index (χ1v) is 10.6. The van der Waals surface area contributed by atoms with Crippen LogP contribution in [-0.4, -0.2) is 31.7 Å². The maximum absolute atomic E-state index is 11.9. The first kappa shape index (κ1) is 26.8. The van der Waals surface area contributed by atoms with Crippen LogP contribution in [0.25, 0.3) is 0 Å². The first-order chi connectivity index (χ1) is 15.9. The van der Waals surface area contributed by atoms with Gasteiger partial charge < -0.3 is 9.47 Å². The smallest absolute Gasteiger partial charge is 0.403 e. The van der Waals surface area contributed by atoms with Gasteiger partial charge in [-0.05, 0) is 46.2 Å². The van der Waals surface area contributed by atoms with E-state index in [2.05, 4.69) is 70.6 Å². The van der Waals surface area contributed by atoms with E-state index in [4.69, 9.17) is 0 Å². The van der Waals surface area contributed by atoms with Crippen molar-refractivity contribution in [3.05, 3.63) is 70.8 Å². The Labute approximate surface area is 198 Å². The van der Waals surface area contributed by atoms with Crippen LogP contribution >= 0.6 is 0 Å². The summed E-state index contributed by atoms with van der Waals surface area (Å²) in [5, 5.41) is 0. The molecule has 2 rings (SSSR count). The van der Waals surface area contributed by atoms with Crippen molar-refractivity contribution in [1.82, 2.24) is 0 Å². The molecule has 0 saturated carbocycles. The van der Waals surface area contributed by atoms with Crippen LogP contribution < -0.4 is 0 Å². The average molecular weight is 475 g/mol. The van der Waals surface area contributed by atoms with Crippen LogP contribution in [0.15, 0.2) is 48.5 Å². The van der Waals surface area contributed by atoms with Crippen molar-refractivity contribution < 1.29 is 43.4 Å². The molecule has 9 nitrogen and oxygen atoms in total. The van der Waals surface area contributed by atoms with Crippen LogP contribution in [0, 0.1) is 0 Å². The van der Waals surface area contributed by atoms with Crippen molar-refractivity contribution in [3.8, 4) is 0 Å². The maximum Gasteiger partial charge on any atom is 0.512 e. The second-order valence-electron chi connectivity index (χ2n) is 9.41. The lowest BCUT2D eigenvalue weighted by Gasteiger charge is -2.18. The molecule has 0 aliphatic carbocycles. The third-order valence-corrected chi connectivity index (χ3v) is 4.69. The van der Waals surface area contributed by atoms with Crippen molar-refractivity contribution in [3.63, 3.8) is 0 Å². The Bertz CT molecular complexity index is 886. The molecule has 0 spiro atoms. The highest BCUT2D eigenvalue weighted by molar-refractivity contribution is 5.89. The van der Waals surface area contributed by atoms with Gasteiger partial charge in [0.1, 0.15) is 0 Å². The number of hydrogen-bond acceptors (Lipinski definition) is 9. The maximum atomic E-state index is 11.9. The van der Waals surface area contributed by atoms with Gasteiger partial charge >= 0.3 is 18.1 Å². The van der Waals surface area contributed by atoms with Crippen LogP contribution in [0.3, 0.4) is 0 Å². The van der Waals surface area contributed by atoms with Crippen molar-refractivity contribution in [2.24, 2.45) is 0 Å². The van der Waals surface area contributed by atoms with Crippen LogP contribution in [0.4, 0.5) is 4.79 Å². The first-order valence-electron chi connectivity index (χ1n) is 10.6. The molecule has 0 saturated heterocycles. The zero-order valence-electron chi connectivity index (χ0n) is 20.2. The number of carbonyl (C=O) groups is 3. The zero-order chi connectivity index (χ0) is 25.4. The van der Waals surface area contributed by atoms with E-state index in [9.17, 15) is 14.4 Å². The SMILES string of the molecule is CC(C)(C)c1ccc(C(=O)OOCOC(=O)OCOOC(=O)c2ccc(C(C)(C)C)cc2)cc1. The highest BCUT2D eigenvalue weighted by Crippen LogP contribution is 2.23. The third-order valence-electron chi connectivity index (χ3n) is 4.69. The highest BCUT2D eigenvalue weighted by atomic mass is 17.2. The molecule has 9 heteroatoms. The molecule has 0 aromatic heterocycles. The summed E-state index contributed by atoms with van der Waals surface area (Å²) in [6, 6.07) is 13.7. The monoisotopic (exact) mass is 474 g/mol. The van der Waals surface area contributed by atoms with Gasteiger partial charge in [-0.15, -0.1) is 9.78 Å². The van der Waals surface area contributed by atoms with E-state index in [1.165, 1.54) is 0 Å². The quantitative estimate of drug-likeness (QED) is 0.167. The van der Waals surface area contributed by atoms with Crippen molar-refractivity contribution in [1.29, 1.82) is 0 Å². The second kappa shape index (κ2) is 11.6. The lowest BCUT2D eigenvalue weighted by atomic mass is 9.87. The Morgan fingerprint density at radius 3 is 1.21 bits per heavy atom. The van der Waals surface area contributed by atoms with Gasteiger partial charge in [-0.2, -0.15) is 0 Å². The van der Waals surface area contributed by atoms with E-state index in [0.29, 0.717) is 0 Å². The molecule has 0 fully saturated rings. The van der Waals surface area contributed by atoms with Gasteiger partial charge in [-0.25, -0.2) is 14.4 Å². The number of rotatable bonds is 8. The van der Waals surface area contributed by atoms with E-state index < -0.39 is 31.7 Å². The Hall–Kier alpha value is -3.43. The van der Waals surface area contributed by atoms with E-state index in [1.807, 2.05) is 24.3 Å². The molecule has 0 amide bonds. The zero-order valence-corrected chi connectivity index (χ0v) is 20.2. The molecule has 184 valence electrons. The highest BCUT2D eigenvalue weighted by Gasteiger charge is 2.17. The van der Waals surface area contributed by atoms with Gasteiger partial charge in [0, 0.05) is 0 Å². The number of carbonyl (C=O) groups excluding carboxylic acids is 3. The van der Waals surface area contributed by atoms with Crippen molar-refractivity contribution >= 4 is 18.1 Å². The summed E-state index contributed by atoms with van der Waals surface area (Å²) in [6.07, 6.45) is -1.18. The molecule has 0 unspecified atom stereocenters. The minimum Gasteiger partial charge on any atom is -0.403 e. The number of hydrogen-bond donors (Lipinski definition) is 0. The summed E-state index contributed by atoms with van der Waals surface area (Å²) >= 11 is 0. The normalized spacial score (nSPS) is 11.5. The minimum absolute atomic E-state index is 0.0487. The van der Waals surface area contributed by atoms with E-state index in [1.54, 1.807) is 24.3 Å². The fraction of sp³-hybridized carbons (Fsp3) is 0.400. The minimum atomic E-state index is -1.18. The van der Waals surface area contributed by atoms with Gasteiger partial charge in [-0.1, -0.05) is 65.8 Å². The van der Waals surface area contributed by atoms with Crippen LogP contribution in [0.1, 0.15) is 73.4 Å². The summed E-state index contributed by atoms with van der Waals surface area (Å²) in [7, 11) is 0. The summed E-state index contributed by atoms with van der Waals surface area (Å²) in [4.78, 5) is 53.5. The standard InChI is InChI=1S/C25H30O9/c1-24(2,3)19-11-7-17(8-12-19)21(26)33-31-15-29-23(28)30-16-32-34-22(27)18-9-13-20(14-10-18)25(4,5)6/h7-14H,15-16H2,1-6H3. The summed E-state index contributed by atoms with van der Waals surface area (Å²) < 4.78 is 9.10. The lowest BCUT2D eigenvalue weighted by molar-refractivity contribution is -0.297. The molecule has 0 aliphatic heterocycles. The fourth-order valence-electron chi connectivity index (χ4n) is 2.65. The molecule has 0 bridgehead atoms. The molecule has 0 N–H and O–H groups in total. The van der Waals surface area contributed by atoms with Gasteiger partial charge in [0.2, 0.25) is 13.6 Å². The summed E-state index contributed by atoms with van der Waals surface area (Å²) in [5.41, 5.74) is 2.57. The molecule has 0 atom stereocenters. The van der Waals surface area contributed by atoms with E-state index >= 15 is 0 Å². The Kier molecular flexibility index (Phi) is 9.17. The Balaban J connectivity index is 1.61. The Morgan fingerprint density at radius 1 is 0.588 bits per heavy atom. The summed E-state index contributed by atoms with van der Waals surface area (Å²) in [5.74, 6) is -1.49. The molecule has 0 radical (unpaired) electrons. The molecule has 0 heterocycles. The van der Waals surface area contributed by atoms with Crippen molar-refractivity contribution in [2.45, 2.75) is 52.4 Å². The predicted molar refractivity (Wildman–Crippen MR) is 121 cm³/mol.